The molecule has 0 aliphatic carbocycles. The Morgan fingerprint density at radius 2 is 1.87 bits per heavy atom. The van der Waals surface area contributed by atoms with Crippen LogP contribution < -0.4 is 4.74 Å². The SMILES string of the molecule is COc1ccc(C(C)(C)C)cc1[N+](C)=O. The molecule has 0 amide bonds. The molecule has 0 aliphatic heterocycles. The van der Waals surface area contributed by atoms with E-state index in [0.29, 0.717) is 11.4 Å². The van der Waals surface area contributed by atoms with E-state index in [4.69, 9.17) is 4.74 Å². The van der Waals surface area contributed by atoms with E-state index in [0.717, 1.165) is 10.3 Å². The lowest BCUT2D eigenvalue weighted by molar-refractivity contribution is -0.429. The van der Waals surface area contributed by atoms with Crippen LogP contribution in [0, 0.1) is 4.91 Å². The van der Waals surface area contributed by atoms with Crippen LogP contribution in [0.15, 0.2) is 18.2 Å². The molecule has 0 saturated heterocycles. The fraction of sp³-hybridized carbons (Fsp3) is 0.500. The standard InChI is InChI=1S/C12H18NO2/c1-12(2,3)9-6-7-11(15-5)10(8-9)13(4)14/h6-8H,1-5H3/q+1. The van der Waals surface area contributed by atoms with E-state index >= 15 is 0 Å². The molecular weight excluding hydrogens is 190 g/mol. The topological polar surface area (TPSA) is 29.3 Å². The Balaban J connectivity index is 3.28. The highest BCUT2D eigenvalue weighted by molar-refractivity contribution is 5.49. The van der Waals surface area contributed by atoms with Gasteiger partial charge in [-0.05, 0) is 17.0 Å². The second kappa shape index (κ2) is 4.01. The van der Waals surface area contributed by atoms with Crippen LogP contribution in [0.4, 0.5) is 5.69 Å². The number of ether oxygens (including phenoxy) is 1. The van der Waals surface area contributed by atoms with Crippen LogP contribution in [0.2, 0.25) is 0 Å². The van der Waals surface area contributed by atoms with Gasteiger partial charge in [-0.25, -0.2) is 0 Å². The number of hydrogen-bond donors (Lipinski definition) is 0. The van der Waals surface area contributed by atoms with E-state index in [1.165, 1.54) is 7.05 Å². The first-order chi connectivity index (χ1) is 6.86. The third-order valence-electron chi connectivity index (χ3n) is 2.38. The zero-order valence-electron chi connectivity index (χ0n) is 10.00. The molecule has 1 aromatic carbocycles. The van der Waals surface area contributed by atoms with Gasteiger partial charge in [-0.15, -0.1) is 0 Å². The molecule has 15 heavy (non-hydrogen) atoms. The van der Waals surface area contributed by atoms with Crippen molar-refractivity contribution in [3.8, 4) is 5.75 Å². The summed E-state index contributed by atoms with van der Waals surface area (Å²) >= 11 is 0. The van der Waals surface area contributed by atoms with Gasteiger partial charge in [-0.2, -0.15) is 0 Å². The second-order valence-electron chi connectivity index (χ2n) is 4.63. The van der Waals surface area contributed by atoms with Gasteiger partial charge in [0.15, 0.2) is 12.8 Å². The quantitative estimate of drug-likeness (QED) is 0.699. The summed E-state index contributed by atoms with van der Waals surface area (Å²) in [5, 5.41) is 0. The van der Waals surface area contributed by atoms with Crippen LogP contribution in [0.3, 0.4) is 0 Å². The Labute approximate surface area is 90.6 Å². The molecule has 0 atom stereocenters. The normalized spacial score (nSPS) is 11.3. The maximum atomic E-state index is 11.3. The van der Waals surface area contributed by atoms with Gasteiger partial charge < -0.3 is 4.74 Å². The molecule has 3 heteroatoms. The Hall–Kier alpha value is -1.38. The molecule has 0 fully saturated rings. The molecule has 0 radical (unpaired) electrons. The van der Waals surface area contributed by atoms with Crippen molar-refractivity contribution in [1.82, 2.24) is 0 Å². The lowest BCUT2D eigenvalue weighted by Crippen LogP contribution is -2.11. The number of nitrogens with zero attached hydrogens (tertiary/aromatic N) is 1. The summed E-state index contributed by atoms with van der Waals surface area (Å²) in [6, 6.07) is 5.71. The first kappa shape index (κ1) is 11.7. The summed E-state index contributed by atoms with van der Waals surface area (Å²) in [5.74, 6) is 0.612. The Morgan fingerprint density at radius 3 is 2.27 bits per heavy atom. The number of rotatable bonds is 2. The van der Waals surface area contributed by atoms with Crippen LogP contribution in [-0.2, 0) is 5.41 Å². The van der Waals surface area contributed by atoms with Crippen LogP contribution in [0.5, 0.6) is 5.75 Å². The average molecular weight is 208 g/mol. The van der Waals surface area contributed by atoms with Gasteiger partial charge in [-0.3, -0.25) is 0 Å². The van der Waals surface area contributed by atoms with Crippen molar-refractivity contribution in [3.63, 3.8) is 0 Å². The fourth-order valence-corrected chi connectivity index (χ4v) is 1.40. The van der Waals surface area contributed by atoms with Crippen molar-refractivity contribution in [1.29, 1.82) is 0 Å². The molecule has 0 N–H and O–H groups in total. The molecule has 0 unspecified atom stereocenters. The van der Waals surface area contributed by atoms with Crippen molar-refractivity contribution in [2.45, 2.75) is 26.2 Å². The van der Waals surface area contributed by atoms with Crippen molar-refractivity contribution in [2.75, 3.05) is 14.2 Å². The lowest BCUT2D eigenvalue weighted by Gasteiger charge is -2.18. The third kappa shape index (κ3) is 2.55. The summed E-state index contributed by atoms with van der Waals surface area (Å²) in [5.41, 5.74) is 1.74. The minimum atomic E-state index is 0.0387. The van der Waals surface area contributed by atoms with Gasteiger partial charge in [0.25, 0.3) is 5.69 Å². The predicted octanol–water partition coefficient (Wildman–Crippen LogP) is 3.03. The molecule has 82 valence electrons. The van der Waals surface area contributed by atoms with Gasteiger partial charge in [0.05, 0.1) is 7.11 Å². The molecule has 3 nitrogen and oxygen atoms in total. The maximum Gasteiger partial charge on any atom is 0.297 e. The first-order valence-corrected chi connectivity index (χ1v) is 4.95. The van der Waals surface area contributed by atoms with Gasteiger partial charge in [0, 0.05) is 15.7 Å². The Bertz CT molecular complexity index is 378. The van der Waals surface area contributed by atoms with Crippen LogP contribution >= 0.6 is 0 Å². The van der Waals surface area contributed by atoms with E-state index in [1.54, 1.807) is 7.11 Å². The highest BCUT2D eigenvalue weighted by Crippen LogP contribution is 2.32. The predicted molar refractivity (Wildman–Crippen MR) is 60.9 cm³/mol. The zero-order chi connectivity index (χ0) is 11.6. The van der Waals surface area contributed by atoms with Gasteiger partial charge in [0.1, 0.15) is 0 Å². The molecular formula is C12H18NO2+. The monoisotopic (exact) mass is 208 g/mol. The average Bonchev–Trinajstić information content (AvgIpc) is 2.15. The van der Waals surface area contributed by atoms with Crippen molar-refractivity contribution in [2.24, 2.45) is 0 Å². The minimum absolute atomic E-state index is 0.0387. The fourth-order valence-electron chi connectivity index (χ4n) is 1.40. The maximum absolute atomic E-state index is 11.3. The summed E-state index contributed by atoms with van der Waals surface area (Å²) in [6.07, 6.45) is 0. The Kier molecular flexibility index (Phi) is 3.12. The second-order valence-corrected chi connectivity index (χ2v) is 4.63. The zero-order valence-corrected chi connectivity index (χ0v) is 10.00. The number of nitroso groups, excluding NO2 is 1. The summed E-state index contributed by atoms with van der Waals surface area (Å²) in [6.45, 7) is 6.34. The molecule has 0 heterocycles. The van der Waals surface area contributed by atoms with Crippen molar-refractivity contribution >= 4 is 5.69 Å². The molecule has 1 rings (SSSR count). The van der Waals surface area contributed by atoms with E-state index in [1.807, 2.05) is 18.2 Å². The lowest BCUT2D eigenvalue weighted by atomic mass is 9.87. The number of hydrogen-bond acceptors (Lipinski definition) is 2. The summed E-state index contributed by atoms with van der Waals surface area (Å²) in [7, 11) is 3.05. The van der Waals surface area contributed by atoms with Crippen molar-refractivity contribution < 1.29 is 9.50 Å². The summed E-state index contributed by atoms with van der Waals surface area (Å²) in [4.78, 5) is 11.3. The molecule has 0 aliphatic rings. The van der Waals surface area contributed by atoms with E-state index in [9.17, 15) is 4.91 Å². The van der Waals surface area contributed by atoms with Gasteiger partial charge >= 0.3 is 0 Å². The highest BCUT2D eigenvalue weighted by atomic mass is 16.5. The molecule has 0 saturated carbocycles. The number of methoxy groups -OCH3 is 1. The molecule has 0 bridgehead atoms. The van der Waals surface area contributed by atoms with Gasteiger partial charge in [-0.1, -0.05) is 26.8 Å². The third-order valence-corrected chi connectivity index (χ3v) is 2.38. The van der Waals surface area contributed by atoms with E-state index in [-0.39, 0.29) is 5.41 Å². The molecule has 0 aromatic heterocycles. The Morgan fingerprint density at radius 1 is 1.27 bits per heavy atom. The first-order valence-electron chi connectivity index (χ1n) is 4.95. The minimum Gasteiger partial charge on any atom is -0.490 e. The largest absolute Gasteiger partial charge is 0.490 e. The van der Waals surface area contributed by atoms with Crippen LogP contribution in [-0.4, -0.2) is 18.9 Å². The number of benzene rings is 1. The van der Waals surface area contributed by atoms with Gasteiger partial charge in [0.2, 0.25) is 0 Å². The smallest absolute Gasteiger partial charge is 0.297 e. The highest BCUT2D eigenvalue weighted by Gasteiger charge is 2.21. The van der Waals surface area contributed by atoms with Crippen molar-refractivity contribution in [3.05, 3.63) is 28.7 Å². The molecule has 0 spiro atoms. The molecule has 1 aromatic rings. The van der Waals surface area contributed by atoms with E-state index < -0.39 is 0 Å². The van der Waals surface area contributed by atoms with Crippen LogP contribution in [0.25, 0.3) is 0 Å². The summed E-state index contributed by atoms with van der Waals surface area (Å²) < 4.78 is 5.96. The van der Waals surface area contributed by atoms with E-state index in [2.05, 4.69) is 20.8 Å². The van der Waals surface area contributed by atoms with Crippen LogP contribution in [0.1, 0.15) is 26.3 Å².